The molecule has 0 aliphatic heterocycles. The molecule has 1 aromatic heterocycles. The molecule has 0 aliphatic rings. The summed E-state index contributed by atoms with van der Waals surface area (Å²) in [5.41, 5.74) is 2.24. The minimum atomic E-state index is 0.647. The van der Waals surface area contributed by atoms with Crippen LogP contribution in [0.4, 0.5) is 5.69 Å². The molecule has 0 unspecified atom stereocenters. The van der Waals surface area contributed by atoms with Crippen molar-refractivity contribution < 1.29 is 4.74 Å². The van der Waals surface area contributed by atoms with Gasteiger partial charge in [0.2, 0.25) is 0 Å². The van der Waals surface area contributed by atoms with Gasteiger partial charge in [0.25, 0.3) is 0 Å². The minimum absolute atomic E-state index is 0.647. The summed E-state index contributed by atoms with van der Waals surface area (Å²) in [6.07, 6.45) is 2.01. The SMILES string of the molecule is COCCn1c(SC)nnc1-c1ccc(N(C)C)cc1. The van der Waals surface area contributed by atoms with Crippen molar-refractivity contribution in [2.24, 2.45) is 0 Å². The van der Waals surface area contributed by atoms with Gasteiger partial charge in [-0.3, -0.25) is 4.57 Å². The van der Waals surface area contributed by atoms with Crippen LogP contribution in [-0.4, -0.2) is 48.8 Å². The lowest BCUT2D eigenvalue weighted by Gasteiger charge is -2.13. The van der Waals surface area contributed by atoms with Crippen LogP contribution in [0.15, 0.2) is 29.4 Å². The molecule has 0 N–H and O–H groups in total. The van der Waals surface area contributed by atoms with Crippen LogP contribution in [0.25, 0.3) is 11.4 Å². The number of anilines is 1. The van der Waals surface area contributed by atoms with Crippen LogP contribution in [0.3, 0.4) is 0 Å². The molecule has 0 saturated heterocycles. The molecular formula is C14H20N4OS. The van der Waals surface area contributed by atoms with Crippen LogP contribution < -0.4 is 4.90 Å². The number of ether oxygens (including phenoxy) is 1. The van der Waals surface area contributed by atoms with Gasteiger partial charge >= 0.3 is 0 Å². The van der Waals surface area contributed by atoms with E-state index in [-0.39, 0.29) is 0 Å². The van der Waals surface area contributed by atoms with Crippen molar-refractivity contribution in [2.75, 3.05) is 39.0 Å². The van der Waals surface area contributed by atoms with Crippen molar-refractivity contribution in [1.82, 2.24) is 14.8 Å². The normalized spacial score (nSPS) is 10.8. The molecule has 0 amide bonds. The van der Waals surface area contributed by atoms with Crippen LogP contribution in [0.2, 0.25) is 0 Å². The molecule has 0 fully saturated rings. The number of hydrogen-bond donors (Lipinski definition) is 0. The number of nitrogens with zero attached hydrogens (tertiary/aromatic N) is 4. The van der Waals surface area contributed by atoms with E-state index >= 15 is 0 Å². The lowest BCUT2D eigenvalue weighted by molar-refractivity contribution is 0.185. The topological polar surface area (TPSA) is 43.2 Å². The van der Waals surface area contributed by atoms with Crippen LogP contribution in [0.5, 0.6) is 0 Å². The van der Waals surface area contributed by atoms with Gasteiger partial charge in [0.05, 0.1) is 13.2 Å². The second-order valence-electron chi connectivity index (χ2n) is 4.60. The Morgan fingerprint density at radius 1 is 1.20 bits per heavy atom. The number of methoxy groups -OCH3 is 1. The van der Waals surface area contributed by atoms with Gasteiger partial charge in [0.1, 0.15) is 0 Å². The first-order valence-corrected chi connectivity index (χ1v) is 7.63. The molecule has 0 saturated carbocycles. The number of hydrogen-bond acceptors (Lipinski definition) is 5. The fourth-order valence-corrected chi connectivity index (χ4v) is 2.47. The predicted molar refractivity (Wildman–Crippen MR) is 83.4 cm³/mol. The zero-order valence-electron chi connectivity index (χ0n) is 12.3. The summed E-state index contributed by atoms with van der Waals surface area (Å²) in [5.74, 6) is 0.886. The lowest BCUT2D eigenvalue weighted by atomic mass is 10.2. The largest absolute Gasteiger partial charge is 0.383 e. The van der Waals surface area contributed by atoms with Gasteiger partial charge in [-0.25, -0.2) is 0 Å². The molecule has 6 heteroatoms. The Bertz CT molecular complexity index is 551. The monoisotopic (exact) mass is 292 g/mol. The number of thioether (sulfide) groups is 1. The summed E-state index contributed by atoms with van der Waals surface area (Å²) in [7, 11) is 5.76. The quantitative estimate of drug-likeness (QED) is 0.765. The highest BCUT2D eigenvalue weighted by Gasteiger charge is 2.13. The van der Waals surface area contributed by atoms with Crippen LogP contribution in [0, 0.1) is 0 Å². The maximum atomic E-state index is 5.16. The third-order valence-corrected chi connectivity index (χ3v) is 3.73. The Morgan fingerprint density at radius 3 is 2.45 bits per heavy atom. The van der Waals surface area contributed by atoms with Gasteiger partial charge in [-0.1, -0.05) is 11.8 Å². The smallest absolute Gasteiger partial charge is 0.191 e. The Balaban J connectivity index is 2.33. The van der Waals surface area contributed by atoms with Crippen molar-refractivity contribution in [3.05, 3.63) is 24.3 Å². The molecule has 20 heavy (non-hydrogen) atoms. The van der Waals surface area contributed by atoms with E-state index in [1.807, 2.05) is 20.4 Å². The third kappa shape index (κ3) is 3.13. The summed E-state index contributed by atoms with van der Waals surface area (Å²) in [6, 6.07) is 8.33. The molecule has 108 valence electrons. The Morgan fingerprint density at radius 2 is 1.90 bits per heavy atom. The first-order chi connectivity index (χ1) is 9.67. The minimum Gasteiger partial charge on any atom is -0.383 e. The summed E-state index contributed by atoms with van der Waals surface area (Å²) < 4.78 is 7.26. The van der Waals surface area contributed by atoms with Gasteiger partial charge in [0, 0.05) is 32.5 Å². The molecule has 0 spiro atoms. The maximum absolute atomic E-state index is 5.16. The van der Waals surface area contributed by atoms with E-state index in [0.717, 1.165) is 23.1 Å². The number of aromatic nitrogens is 3. The molecule has 1 heterocycles. The van der Waals surface area contributed by atoms with Crippen molar-refractivity contribution in [3.63, 3.8) is 0 Å². The molecule has 0 bridgehead atoms. The van der Waals surface area contributed by atoms with E-state index in [4.69, 9.17) is 4.74 Å². The first-order valence-electron chi connectivity index (χ1n) is 6.41. The number of benzene rings is 1. The second kappa shape index (κ2) is 6.76. The van der Waals surface area contributed by atoms with E-state index in [9.17, 15) is 0 Å². The van der Waals surface area contributed by atoms with Crippen LogP contribution in [-0.2, 0) is 11.3 Å². The second-order valence-corrected chi connectivity index (χ2v) is 5.37. The standard InChI is InChI=1S/C14H20N4OS/c1-17(2)12-7-5-11(6-8-12)13-15-16-14(20-4)18(13)9-10-19-3/h5-8H,9-10H2,1-4H3. The summed E-state index contributed by atoms with van der Waals surface area (Å²) in [4.78, 5) is 2.08. The summed E-state index contributed by atoms with van der Waals surface area (Å²) in [5, 5.41) is 9.45. The average molecular weight is 292 g/mol. The Hall–Kier alpha value is -1.53. The van der Waals surface area contributed by atoms with Crippen molar-refractivity contribution in [3.8, 4) is 11.4 Å². The van der Waals surface area contributed by atoms with Crippen LogP contribution in [0.1, 0.15) is 0 Å². The Kier molecular flexibility index (Phi) is 5.03. The molecule has 5 nitrogen and oxygen atoms in total. The van der Waals surface area contributed by atoms with Gasteiger partial charge in [-0.15, -0.1) is 10.2 Å². The zero-order valence-corrected chi connectivity index (χ0v) is 13.1. The predicted octanol–water partition coefficient (Wildman–Crippen LogP) is 2.38. The highest BCUT2D eigenvalue weighted by atomic mass is 32.2. The maximum Gasteiger partial charge on any atom is 0.191 e. The lowest BCUT2D eigenvalue weighted by Crippen LogP contribution is -2.09. The van der Waals surface area contributed by atoms with E-state index in [0.29, 0.717) is 6.61 Å². The number of rotatable bonds is 6. The average Bonchev–Trinajstić information content (AvgIpc) is 2.88. The molecule has 0 atom stereocenters. The molecule has 2 aromatic rings. The Labute approximate surface area is 124 Å². The molecule has 0 aliphatic carbocycles. The zero-order chi connectivity index (χ0) is 14.5. The highest BCUT2D eigenvalue weighted by Crippen LogP contribution is 2.24. The molecule has 2 rings (SSSR count). The van der Waals surface area contributed by atoms with E-state index in [2.05, 4.69) is 43.9 Å². The molecular weight excluding hydrogens is 272 g/mol. The summed E-state index contributed by atoms with van der Waals surface area (Å²) in [6.45, 7) is 1.40. The van der Waals surface area contributed by atoms with Gasteiger partial charge in [0.15, 0.2) is 11.0 Å². The van der Waals surface area contributed by atoms with E-state index in [1.165, 1.54) is 5.69 Å². The first kappa shape index (κ1) is 14.9. The third-order valence-electron chi connectivity index (χ3n) is 3.06. The van der Waals surface area contributed by atoms with Crippen molar-refractivity contribution in [2.45, 2.75) is 11.7 Å². The van der Waals surface area contributed by atoms with E-state index in [1.54, 1.807) is 18.9 Å². The fourth-order valence-electron chi connectivity index (χ4n) is 1.95. The van der Waals surface area contributed by atoms with E-state index < -0.39 is 0 Å². The molecule has 1 aromatic carbocycles. The summed E-state index contributed by atoms with van der Waals surface area (Å²) >= 11 is 1.59. The van der Waals surface area contributed by atoms with Crippen LogP contribution >= 0.6 is 11.8 Å². The van der Waals surface area contributed by atoms with Gasteiger partial charge < -0.3 is 9.64 Å². The molecule has 0 radical (unpaired) electrons. The fraction of sp³-hybridized carbons (Fsp3) is 0.429. The van der Waals surface area contributed by atoms with Gasteiger partial charge in [-0.2, -0.15) is 0 Å². The van der Waals surface area contributed by atoms with Gasteiger partial charge in [-0.05, 0) is 30.5 Å². The highest BCUT2D eigenvalue weighted by molar-refractivity contribution is 7.98. The van der Waals surface area contributed by atoms with Crippen molar-refractivity contribution in [1.29, 1.82) is 0 Å². The van der Waals surface area contributed by atoms with Crippen molar-refractivity contribution >= 4 is 17.4 Å².